The average molecular weight is 522 g/mol. The van der Waals surface area contributed by atoms with Crippen LogP contribution in [0.2, 0.25) is 0 Å². The van der Waals surface area contributed by atoms with Crippen LogP contribution in [0.25, 0.3) is 11.1 Å². The molecule has 0 radical (unpaired) electrons. The van der Waals surface area contributed by atoms with Crippen LogP contribution in [-0.2, 0) is 12.4 Å². The first-order valence-electron chi connectivity index (χ1n) is 11.9. The molecule has 3 aromatic rings. The van der Waals surface area contributed by atoms with Gasteiger partial charge in [-0.05, 0) is 67.5 Å². The van der Waals surface area contributed by atoms with E-state index in [9.17, 15) is 31.1 Å². The lowest BCUT2D eigenvalue weighted by atomic mass is 9.86. The van der Waals surface area contributed by atoms with Crippen LogP contribution < -0.4 is 10.6 Å². The Hall–Kier alpha value is -3.56. The monoisotopic (exact) mass is 521 g/mol. The van der Waals surface area contributed by atoms with Gasteiger partial charge in [-0.25, -0.2) is 4.98 Å². The highest BCUT2D eigenvalue weighted by Gasteiger charge is 2.35. The molecule has 0 unspecified atom stereocenters. The summed E-state index contributed by atoms with van der Waals surface area (Å²) in [6.07, 6.45) is -4.89. The Bertz CT molecular complexity index is 1220. The van der Waals surface area contributed by atoms with Crippen molar-refractivity contribution in [3.63, 3.8) is 0 Å². The zero-order valence-corrected chi connectivity index (χ0v) is 19.7. The van der Waals surface area contributed by atoms with Crippen LogP contribution in [0.1, 0.15) is 47.2 Å². The Morgan fingerprint density at radius 1 is 0.811 bits per heavy atom. The van der Waals surface area contributed by atoms with Gasteiger partial charge in [0.25, 0.3) is 5.91 Å². The molecule has 0 bridgehead atoms. The maximum Gasteiger partial charge on any atom is 0.417 e. The van der Waals surface area contributed by atoms with Gasteiger partial charge in [-0.2, -0.15) is 26.3 Å². The first-order chi connectivity index (χ1) is 17.5. The fourth-order valence-electron chi connectivity index (χ4n) is 4.59. The molecule has 1 aliphatic rings. The molecular weight excluding hydrogens is 496 g/mol. The summed E-state index contributed by atoms with van der Waals surface area (Å²) in [5.41, 5.74) is -1.63. The van der Waals surface area contributed by atoms with Gasteiger partial charge in [0, 0.05) is 24.3 Å². The Morgan fingerprint density at radius 2 is 1.43 bits per heavy atom. The summed E-state index contributed by atoms with van der Waals surface area (Å²) in [4.78, 5) is 16.7. The Morgan fingerprint density at radius 3 is 2.05 bits per heavy atom. The molecule has 0 saturated heterocycles. The third-order valence-electron chi connectivity index (χ3n) is 6.54. The van der Waals surface area contributed by atoms with Crippen LogP contribution in [0.3, 0.4) is 0 Å². The van der Waals surface area contributed by atoms with Gasteiger partial charge in [0.1, 0.15) is 5.82 Å². The number of pyridine rings is 1. The molecule has 1 aromatic heterocycles. The number of aromatic nitrogens is 1. The molecule has 0 spiro atoms. The number of halogens is 6. The van der Waals surface area contributed by atoms with Gasteiger partial charge >= 0.3 is 12.4 Å². The minimum Gasteiger partial charge on any atom is -0.370 e. The molecular formula is C27H25F6N3O. The van der Waals surface area contributed by atoms with E-state index in [2.05, 4.69) is 15.6 Å². The summed E-state index contributed by atoms with van der Waals surface area (Å²) in [6.45, 7) is 0.586. The normalized spacial score (nSPS) is 18.3. The summed E-state index contributed by atoms with van der Waals surface area (Å²) in [7, 11) is 0. The van der Waals surface area contributed by atoms with Gasteiger partial charge in [-0.3, -0.25) is 4.79 Å². The maximum absolute atomic E-state index is 13.3. The Balaban J connectivity index is 1.28. The van der Waals surface area contributed by atoms with E-state index in [1.54, 1.807) is 18.2 Å². The van der Waals surface area contributed by atoms with E-state index in [0.717, 1.165) is 25.0 Å². The number of carbonyl (C=O) groups is 1. The number of hydrogen-bond acceptors (Lipinski definition) is 3. The minimum atomic E-state index is -4.61. The smallest absolute Gasteiger partial charge is 0.370 e. The molecule has 1 saturated carbocycles. The first kappa shape index (κ1) is 26.5. The predicted molar refractivity (Wildman–Crippen MR) is 128 cm³/mol. The van der Waals surface area contributed by atoms with Gasteiger partial charge in [-0.15, -0.1) is 0 Å². The van der Waals surface area contributed by atoms with Crippen molar-refractivity contribution in [1.29, 1.82) is 0 Å². The zero-order chi connectivity index (χ0) is 26.6. The number of carbonyl (C=O) groups excluding carboxylic acids is 1. The number of benzene rings is 2. The maximum atomic E-state index is 13.3. The molecule has 0 aliphatic heterocycles. The van der Waals surface area contributed by atoms with Crippen molar-refractivity contribution in [3.05, 3.63) is 83.6 Å². The Labute approximate surface area is 210 Å². The number of nitrogens with zero attached hydrogens (tertiary/aromatic N) is 1. The fourth-order valence-corrected chi connectivity index (χ4v) is 4.59. The van der Waals surface area contributed by atoms with Gasteiger partial charge in [0.2, 0.25) is 0 Å². The van der Waals surface area contributed by atoms with Gasteiger partial charge in [0.15, 0.2) is 0 Å². The fraction of sp³-hybridized carbons (Fsp3) is 0.333. The number of anilines is 1. The highest BCUT2D eigenvalue weighted by Crippen LogP contribution is 2.37. The lowest BCUT2D eigenvalue weighted by Crippen LogP contribution is -2.39. The van der Waals surface area contributed by atoms with Crippen molar-refractivity contribution >= 4 is 11.7 Å². The molecule has 1 amide bonds. The summed E-state index contributed by atoms with van der Waals surface area (Å²) in [6, 6.07) is 13.1. The van der Waals surface area contributed by atoms with E-state index in [-0.39, 0.29) is 23.1 Å². The van der Waals surface area contributed by atoms with Crippen LogP contribution in [0, 0.1) is 5.92 Å². The van der Waals surface area contributed by atoms with Gasteiger partial charge < -0.3 is 10.6 Å². The molecule has 2 aromatic carbocycles. The lowest BCUT2D eigenvalue weighted by Gasteiger charge is -2.29. The molecule has 2 N–H and O–H groups in total. The molecule has 0 atom stereocenters. The molecule has 1 fully saturated rings. The quantitative estimate of drug-likeness (QED) is 0.338. The van der Waals surface area contributed by atoms with Crippen molar-refractivity contribution in [2.45, 2.75) is 44.1 Å². The number of nitrogens with one attached hydrogen (secondary N) is 2. The molecule has 1 aliphatic carbocycles. The molecule has 196 valence electrons. The SMILES string of the molecule is O=C(N[C@H]1CC[C@H](CNc2ccc(-c3ccccc3C(F)(F)F)cn2)CC1)c1ccccc1C(F)(F)F. The number of hydrogen-bond donors (Lipinski definition) is 2. The van der Waals surface area contributed by atoms with Crippen LogP contribution in [0.5, 0.6) is 0 Å². The largest absolute Gasteiger partial charge is 0.417 e. The highest BCUT2D eigenvalue weighted by molar-refractivity contribution is 5.96. The second kappa shape index (κ2) is 10.8. The van der Waals surface area contributed by atoms with E-state index in [4.69, 9.17) is 0 Å². The molecule has 10 heteroatoms. The van der Waals surface area contributed by atoms with Crippen molar-refractivity contribution in [3.8, 4) is 11.1 Å². The molecule has 4 nitrogen and oxygen atoms in total. The summed E-state index contributed by atoms with van der Waals surface area (Å²) < 4.78 is 79.5. The highest BCUT2D eigenvalue weighted by atomic mass is 19.4. The van der Waals surface area contributed by atoms with Gasteiger partial charge in [0.05, 0.1) is 16.7 Å². The van der Waals surface area contributed by atoms with Crippen molar-refractivity contribution in [2.75, 3.05) is 11.9 Å². The van der Waals surface area contributed by atoms with E-state index in [1.807, 2.05) is 0 Å². The molecule has 37 heavy (non-hydrogen) atoms. The lowest BCUT2D eigenvalue weighted by molar-refractivity contribution is -0.138. The standard InChI is InChI=1S/C27H25F6N3O/c28-26(29,30)22-7-3-1-5-20(22)18-11-14-24(35-16-18)34-15-17-9-12-19(13-10-17)36-25(37)21-6-2-4-8-23(21)27(31,32)33/h1-8,11,14,16-17,19H,9-10,12-13,15H2,(H,34,35)(H,36,37)/t17-,19-. The third kappa shape index (κ3) is 6.61. The van der Waals surface area contributed by atoms with Crippen LogP contribution in [-0.4, -0.2) is 23.5 Å². The number of amides is 1. The first-order valence-corrected chi connectivity index (χ1v) is 11.9. The second-order valence-electron chi connectivity index (χ2n) is 9.09. The molecule has 4 rings (SSSR count). The number of rotatable bonds is 6. The number of alkyl halides is 6. The van der Waals surface area contributed by atoms with Crippen molar-refractivity contribution < 1.29 is 31.1 Å². The topological polar surface area (TPSA) is 54.0 Å². The summed E-state index contributed by atoms with van der Waals surface area (Å²) in [5.74, 6) is 0.0707. The summed E-state index contributed by atoms with van der Waals surface area (Å²) >= 11 is 0. The van der Waals surface area contributed by atoms with Gasteiger partial charge in [-0.1, -0.05) is 30.3 Å². The van der Waals surface area contributed by atoms with E-state index in [0.29, 0.717) is 30.8 Å². The Kier molecular flexibility index (Phi) is 7.75. The van der Waals surface area contributed by atoms with Crippen molar-refractivity contribution in [2.24, 2.45) is 5.92 Å². The van der Waals surface area contributed by atoms with Crippen LogP contribution >= 0.6 is 0 Å². The molecule has 1 heterocycles. The van der Waals surface area contributed by atoms with E-state index in [1.165, 1.54) is 36.5 Å². The minimum absolute atomic E-state index is 0.0623. The van der Waals surface area contributed by atoms with E-state index < -0.39 is 29.4 Å². The second-order valence-corrected chi connectivity index (χ2v) is 9.09. The average Bonchev–Trinajstić information content (AvgIpc) is 2.87. The third-order valence-corrected chi connectivity index (χ3v) is 6.54. The van der Waals surface area contributed by atoms with Crippen LogP contribution in [0.15, 0.2) is 66.9 Å². The summed E-state index contributed by atoms with van der Waals surface area (Å²) in [5, 5.41) is 5.92. The van der Waals surface area contributed by atoms with E-state index >= 15 is 0 Å². The van der Waals surface area contributed by atoms with Crippen molar-refractivity contribution in [1.82, 2.24) is 10.3 Å². The zero-order valence-electron chi connectivity index (χ0n) is 19.7. The van der Waals surface area contributed by atoms with Crippen LogP contribution in [0.4, 0.5) is 32.2 Å². The predicted octanol–water partition coefficient (Wildman–Crippen LogP) is 7.19.